The van der Waals surface area contributed by atoms with Crippen molar-refractivity contribution in [3.8, 4) is 11.5 Å². The van der Waals surface area contributed by atoms with Gasteiger partial charge in [-0.2, -0.15) is 0 Å². The number of nitrogens with one attached hydrogen (secondary N) is 1. The van der Waals surface area contributed by atoms with Crippen LogP contribution >= 0.6 is 0 Å². The molecule has 5 aromatic rings. The molecule has 4 amide bonds. The molecule has 1 unspecified atom stereocenters. The number of hydrogen-bond acceptors (Lipinski definition) is 10. The molecule has 4 aromatic carbocycles. The van der Waals surface area contributed by atoms with Gasteiger partial charge in [0.05, 0.1) is 24.2 Å². The van der Waals surface area contributed by atoms with Gasteiger partial charge in [-0.1, -0.05) is 48.5 Å². The third-order valence-corrected chi connectivity index (χ3v) is 12.1. The van der Waals surface area contributed by atoms with Gasteiger partial charge in [-0.15, -0.1) is 0 Å². The Hall–Kier alpha value is -6.40. The summed E-state index contributed by atoms with van der Waals surface area (Å²) in [6.07, 6.45) is 5.88. The molecule has 3 atom stereocenters. The van der Waals surface area contributed by atoms with E-state index in [0.717, 1.165) is 40.2 Å². The molecule has 2 saturated heterocycles. The average molecular weight is 761 g/mol. The average Bonchev–Trinajstić information content (AvgIpc) is 3.71. The lowest BCUT2D eigenvalue weighted by Gasteiger charge is -2.39. The van der Waals surface area contributed by atoms with Crippen LogP contribution in [0.1, 0.15) is 90.8 Å². The molecule has 1 aliphatic carbocycles. The van der Waals surface area contributed by atoms with Crippen LogP contribution in [0.5, 0.6) is 11.5 Å². The van der Waals surface area contributed by atoms with Crippen LogP contribution in [0.2, 0.25) is 0 Å². The fraction of sp³-hybridized carbons (Fsp3) is 0.289. The van der Waals surface area contributed by atoms with E-state index in [1.807, 2.05) is 18.5 Å². The van der Waals surface area contributed by atoms with Crippen molar-refractivity contribution >= 4 is 29.6 Å². The van der Waals surface area contributed by atoms with E-state index in [9.17, 15) is 24.3 Å². The van der Waals surface area contributed by atoms with Gasteiger partial charge in [-0.3, -0.25) is 34.3 Å². The van der Waals surface area contributed by atoms with Crippen molar-refractivity contribution in [3.63, 3.8) is 0 Å². The van der Waals surface area contributed by atoms with E-state index in [0.29, 0.717) is 61.5 Å². The molecule has 2 fully saturated rings. The number of rotatable bonds is 8. The zero-order chi connectivity index (χ0) is 38.8. The molecule has 12 nitrogen and oxygen atoms in total. The number of benzene rings is 4. The second kappa shape index (κ2) is 14.0. The summed E-state index contributed by atoms with van der Waals surface area (Å²) < 4.78 is 6.36. The second-order valence-corrected chi connectivity index (χ2v) is 15.8. The van der Waals surface area contributed by atoms with Crippen molar-refractivity contribution < 1.29 is 29.0 Å². The van der Waals surface area contributed by atoms with Crippen molar-refractivity contribution in [3.05, 3.63) is 147 Å². The summed E-state index contributed by atoms with van der Waals surface area (Å²) in [6.45, 7) is 3.17. The minimum atomic E-state index is -0.977. The summed E-state index contributed by atoms with van der Waals surface area (Å²) in [4.78, 5) is 65.2. The molecule has 12 heteroatoms. The van der Waals surface area contributed by atoms with Crippen molar-refractivity contribution in [2.24, 2.45) is 0 Å². The second-order valence-electron chi connectivity index (χ2n) is 15.8. The molecule has 2 N–H and O–H groups in total. The van der Waals surface area contributed by atoms with Crippen LogP contribution in [0.3, 0.4) is 0 Å². The first-order valence-corrected chi connectivity index (χ1v) is 19.5. The lowest BCUT2D eigenvalue weighted by Crippen LogP contribution is -2.54. The van der Waals surface area contributed by atoms with E-state index in [2.05, 4.69) is 85.7 Å². The Balaban J connectivity index is 0.741. The molecule has 0 radical (unpaired) electrons. The highest BCUT2D eigenvalue weighted by atomic mass is 16.5. The number of phenolic OH excluding ortho intramolecular Hbond substituents is 1. The fourth-order valence-electron chi connectivity index (χ4n) is 9.30. The number of aryl methyl sites for hydroxylation is 1. The van der Waals surface area contributed by atoms with Gasteiger partial charge in [0.25, 0.3) is 11.8 Å². The van der Waals surface area contributed by atoms with Gasteiger partial charge < -0.3 is 14.7 Å². The molecule has 0 saturated carbocycles. The normalized spacial score (nSPS) is 21.9. The van der Waals surface area contributed by atoms with Crippen molar-refractivity contribution in [2.45, 2.75) is 69.3 Å². The van der Waals surface area contributed by atoms with Crippen LogP contribution in [-0.4, -0.2) is 73.7 Å². The van der Waals surface area contributed by atoms with E-state index >= 15 is 0 Å². The molecule has 5 heterocycles. The quantitative estimate of drug-likeness (QED) is 0.202. The van der Waals surface area contributed by atoms with Crippen LogP contribution in [0.4, 0.5) is 5.95 Å². The van der Waals surface area contributed by atoms with E-state index in [1.54, 1.807) is 18.2 Å². The Morgan fingerprint density at radius 2 is 1.46 bits per heavy atom. The molecule has 0 bridgehead atoms. The summed E-state index contributed by atoms with van der Waals surface area (Å²) in [5, 5.41) is 12.4. The van der Waals surface area contributed by atoms with Crippen molar-refractivity contribution in [1.82, 2.24) is 25.1 Å². The Labute approximate surface area is 329 Å². The third kappa shape index (κ3) is 6.39. The van der Waals surface area contributed by atoms with Crippen LogP contribution < -0.4 is 15.0 Å². The first kappa shape index (κ1) is 35.0. The van der Waals surface area contributed by atoms with Crippen LogP contribution in [0.25, 0.3) is 0 Å². The third-order valence-electron chi connectivity index (χ3n) is 12.1. The molecular formula is C45H40N6O6. The minimum Gasteiger partial charge on any atom is -0.508 e. The summed E-state index contributed by atoms with van der Waals surface area (Å²) >= 11 is 0. The molecule has 1 aromatic heterocycles. The van der Waals surface area contributed by atoms with Gasteiger partial charge in [0, 0.05) is 49.9 Å². The zero-order valence-electron chi connectivity index (χ0n) is 31.1. The van der Waals surface area contributed by atoms with Gasteiger partial charge in [0.2, 0.25) is 17.8 Å². The van der Waals surface area contributed by atoms with Gasteiger partial charge in [-0.25, -0.2) is 9.97 Å². The molecule has 10 rings (SSSR count). The van der Waals surface area contributed by atoms with E-state index in [-0.39, 0.29) is 24.9 Å². The predicted octanol–water partition coefficient (Wildman–Crippen LogP) is 5.23. The maximum atomic E-state index is 13.3. The zero-order valence-corrected chi connectivity index (χ0v) is 31.1. The van der Waals surface area contributed by atoms with Crippen LogP contribution in [-0.2, 0) is 35.6 Å². The molecule has 4 aliphatic heterocycles. The number of imide groups is 2. The maximum Gasteiger partial charge on any atom is 0.262 e. The smallest absolute Gasteiger partial charge is 0.262 e. The first-order valence-electron chi connectivity index (χ1n) is 19.5. The van der Waals surface area contributed by atoms with Gasteiger partial charge in [0.1, 0.15) is 23.6 Å². The molecular weight excluding hydrogens is 721 g/mol. The topological polar surface area (TPSA) is 145 Å². The Bertz CT molecular complexity index is 2390. The highest BCUT2D eigenvalue weighted by Crippen LogP contribution is 2.47. The molecule has 286 valence electrons. The lowest BCUT2D eigenvalue weighted by atomic mass is 9.69. The van der Waals surface area contributed by atoms with Gasteiger partial charge >= 0.3 is 0 Å². The van der Waals surface area contributed by atoms with Gasteiger partial charge in [-0.05, 0) is 95.0 Å². The lowest BCUT2D eigenvalue weighted by molar-refractivity contribution is -0.136. The number of aromatic nitrogens is 2. The number of aromatic hydroxyl groups is 1. The van der Waals surface area contributed by atoms with E-state index in [1.165, 1.54) is 22.3 Å². The van der Waals surface area contributed by atoms with Crippen molar-refractivity contribution in [1.29, 1.82) is 0 Å². The highest BCUT2D eigenvalue weighted by Gasteiger charge is 2.45. The summed E-state index contributed by atoms with van der Waals surface area (Å²) in [5.74, 6) is 0.328. The fourth-order valence-corrected chi connectivity index (χ4v) is 9.30. The van der Waals surface area contributed by atoms with Crippen molar-refractivity contribution in [2.75, 3.05) is 18.0 Å². The molecule has 57 heavy (non-hydrogen) atoms. The predicted molar refractivity (Wildman–Crippen MR) is 209 cm³/mol. The minimum absolute atomic E-state index is 0.0224. The number of fused-ring (bicyclic) bond motifs is 3. The number of amides is 4. The number of carbonyl (C=O) groups excluding carboxylic acids is 4. The number of hydrogen-bond donors (Lipinski definition) is 2. The number of phenols is 1. The molecule has 0 spiro atoms. The van der Waals surface area contributed by atoms with E-state index in [4.69, 9.17) is 4.74 Å². The standard InChI is InChI=1S/C45H40N6O6/c52-32-9-13-36-29(16-32)8-12-35(27-4-2-1-3-5-27)41(36)28-6-10-33(11-7-28)57-34-24-50(25-34)45-46-19-26(20-47-45)21-49-22-30-17-37-38(18-31(30)23-49)44(56)51(43(37)55)39-14-15-40(53)48-42(39)54/h1-7,9-11,13,16-20,34-35,39,41,52H,8,12,14-15,21-25H2,(H,48,53,54)/t35-,39?,41+/m1/s1. The number of anilines is 1. The Morgan fingerprint density at radius 1 is 0.754 bits per heavy atom. The Kier molecular flexibility index (Phi) is 8.58. The monoisotopic (exact) mass is 760 g/mol. The first-order chi connectivity index (χ1) is 27.8. The molecule has 5 aliphatic rings. The van der Waals surface area contributed by atoms with Crippen LogP contribution in [0.15, 0.2) is 97.3 Å². The number of carbonyl (C=O) groups is 4. The summed E-state index contributed by atoms with van der Waals surface area (Å²) in [7, 11) is 0. The Morgan fingerprint density at radius 3 is 2.14 bits per heavy atom. The number of nitrogens with zero attached hydrogens (tertiary/aromatic N) is 5. The van der Waals surface area contributed by atoms with Crippen LogP contribution in [0, 0.1) is 0 Å². The number of piperidine rings is 1. The number of ether oxygens (including phenoxy) is 1. The van der Waals surface area contributed by atoms with E-state index < -0.39 is 29.7 Å². The summed E-state index contributed by atoms with van der Waals surface area (Å²) in [6, 6.07) is 27.6. The summed E-state index contributed by atoms with van der Waals surface area (Å²) in [5.41, 5.74) is 8.54. The SMILES string of the molecule is O=C1CCC(N2C(=O)c3cc4c(cc3C2=O)CN(Cc2cnc(N3CC(Oc5ccc([C@@H]6c7ccc(O)cc7CC[C@@H]6c6ccccc6)cc5)C3)nc2)C4)C(=O)N1. The maximum absolute atomic E-state index is 13.3. The van der Waals surface area contributed by atoms with Gasteiger partial charge in [0.15, 0.2) is 0 Å². The highest BCUT2D eigenvalue weighted by molar-refractivity contribution is 6.23. The largest absolute Gasteiger partial charge is 0.508 e.